The number of aromatic nitrogens is 1. The highest BCUT2D eigenvalue weighted by Gasteiger charge is 2.22. The molecular formula is C18H33N. The van der Waals surface area contributed by atoms with E-state index in [9.17, 15) is 0 Å². The van der Waals surface area contributed by atoms with Gasteiger partial charge in [-0.05, 0) is 62.1 Å². The Bertz CT molecular complexity index is 334. The average Bonchev–Trinajstić information content (AvgIpc) is 3.15. The van der Waals surface area contributed by atoms with Crippen molar-refractivity contribution in [3.8, 4) is 0 Å². The van der Waals surface area contributed by atoms with Crippen LogP contribution in [0.5, 0.6) is 0 Å². The molecule has 0 saturated carbocycles. The van der Waals surface area contributed by atoms with Crippen LogP contribution >= 0.6 is 0 Å². The molecule has 2 aliphatic rings. The van der Waals surface area contributed by atoms with Gasteiger partial charge >= 0.3 is 0 Å². The molecule has 0 spiro atoms. The molecular weight excluding hydrogens is 230 g/mol. The van der Waals surface area contributed by atoms with Crippen molar-refractivity contribution < 1.29 is 0 Å². The lowest BCUT2D eigenvalue weighted by Gasteiger charge is -2.09. The largest absolute Gasteiger partial charge is 0.257 e. The number of hydrogen-bond donors (Lipinski definition) is 0. The molecule has 110 valence electrons. The summed E-state index contributed by atoms with van der Waals surface area (Å²) in [5.74, 6) is 0. The quantitative estimate of drug-likeness (QED) is 0.607. The molecule has 2 aliphatic carbocycles. The Morgan fingerprint density at radius 1 is 0.632 bits per heavy atom. The summed E-state index contributed by atoms with van der Waals surface area (Å²) in [6, 6.07) is 0. The number of nitrogens with zero attached hydrogens (tertiary/aromatic N) is 1. The third kappa shape index (κ3) is 4.06. The van der Waals surface area contributed by atoms with Crippen molar-refractivity contribution in [1.29, 1.82) is 0 Å². The molecule has 1 aromatic heterocycles. The second-order valence-corrected chi connectivity index (χ2v) is 4.29. The van der Waals surface area contributed by atoms with E-state index in [1.165, 1.54) is 49.9 Å². The van der Waals surface area contributed by atoms with Crippen LogP contribution in [0.1, 0.15) is 82.5 Å². The highest BCUT2D eigenvalue weighted by molar-refractivity contribution is 5.43. The van der Waals surface area contributed by atoms with E-state index in [2.05, 4.69) is 6.92 Å². The van der Waals surface area contributed by atoms with Crippen LogP contribution in [0.4, 0.5) is 0 Å². The van der Waals surface area contributed by atoms with Gasteiger partial charge in [0, 0.05) is 11.4 Å². The van der Waals surface area contributed by atoms with Crippen LogP contribution < -0.4 is 0 Å². The third-order valence-corrected chi connectivity index (χ3v) is 3.55. The van der Waals surface area contributed by atoms with Gasteiger partial charge in [0.2, 0.25) is 0 Å². The molecule has 0 N–H and O–H groups in total. The van der Waals surface area contributed by atoms with Crippen molar-refractivity contribution in [2.24, 2.45) is 0 Å². The maximum atomic E-state index is 4.79. The topological polar surface area (TPSA) is 12.9 Å². The Balaban J connectivity index is 0.000000482. The van der Waals surface area contributed by atoms with Crippen molar-refractivity contribution in [2.75, 3.05) is 0 Å². The number of rotatable bonds is 0. The third-order valence-electron chi connectivity index (χ3n) is 3.55. The van der Waals surface area contributed by atoms with E-state index in [4.69, 9.17) is 4.98 Å². The van der Waals surface area contributed by atoms with Crippen molar-refractivity contribution in [1.82, 2.24) is 4.98 Å². The maximum absolute atomic E-state index is 4.79. The van der Waals surface area contributed by atoms with Crippen LogP contribution in [0.3, 0.4) is 0 Å². The highest BCUT2D eigenvalue weighted by atomic mass is 14.7. The minimum Gasteiger partial charge on any atom is -0.257 e. The molecule has 1 aromatic rings. The minimum atomic E-state index is 1.23. The van der Waals surface area contributed by atoms with E-state index in [1.807, 2.05) is 41.5 Å². The zero-order chi connectivity index (χ0) is 14.8. The minimum absolute atomic E-state index is 1.23. The Hall–Kier alpha value is -0.850. The van der Waals surface area contributed by atoms with Gasteiger partial charge < -0.3 is 0 Å². The van der Waals surface area contributed by atoms with Crippen LogP contribution in [-0.2, 0) is 25.7 Å². The predicted octanol–water partition coefficient (Wildman–Crippen LogP) is 5.45. The lowest BCUT2D eigenvalue weighted by atomic mass is 10.0. The summed E-state index contributed by atoms with van der Waals surface area (Å²) >= 11 is 0. The van der Waals surface area contributed by atoms with Gasteiger partial charge in [-0.25, -0.2) is 0 Å². The van der Waals surface area contributed by atoms with E-state index in [-0.39, 0.29) is 0 Å². The molecule has 0 aliphatic heterocycles. The predicted molar refractivity (Wildman–Crippen MR) is 87.1 cm³/mol. The monoisotopic (exact) mass is 263 g/mol. The first kappa shape index (κ1) is 18.1. The van der Waals surface area contributed by atoms with E-state index in [0.717, 1.165) is 0 Å². The molecule has 1 heterocycles. The summed E-state index contributed by atoms with van der Waals surface area (Å²) in [6.45, 7) is 14.3. The molecule has 0 atom stereocenters. The lowest BCUT2D eigenvalue weighted by molar-refractivity contribution is 0.871. The summed E-state index contributed by atoms with van der Waals surface area (Å²) in [4.78, 5) is 4.79. The van der Waals surface area contributed by atoms with Crippen molar-refractivity contribution in [2.45, 2.75) is 87.0 Å². The number of pyridine rings is 1. The zero-order valence-electron chi connectivity index (χ0n) is 14.2. The molecule has 19 heavy (non-hydrogen) atoms. The van der Waals surface area contributed by atoms with E-state index in [0.29, 0.717) is 0 Å². The Morgan fingerprint density at radius 2 is 1.00 bits per heavy atom. The number of fused-ring (bicyclic) bond motifs is 2. The van der Waals surface area contributed by atoms with Crippen LogP contribution in [0.15, 0.2) is 0 Å². The lowest BCUT2D eigenvalue weighted by Crippen LogP contribution is -2.00. The SMILES string of the molecule is CC.CC.CC.Cc1c2c(nc3c1CCC3)CCC2. The van der Waals surface area contributed by atoms with E-state index < -0.39 is 0 Å². The van der Waals surface area contributed by atoms with E-state index >= 15 is 0 Å². The number of hydrogen-bond acceptors (Lipinski definition) is 1. The van der Waals surface area contributed by atoms with Gasteiger partial charge in [0.05, 0.1) is 0 Å². The second kappa shape index (κ2) is 10.00. The normalized spacial score (nSPS) is 13.8. The maximum Gasteiger partial charge on any atom is 0.0441 e. The fourth-order valence-electron chi connectivity index (χ4n) is 2.86. The summed E-state index contributed by atoms with van der Waals surface area (Å²) in [5.41, 5.74) is 7.58. The molecule has 0 amide bonds. The summed E-state index contributed by atoms with van der Waals surface area (Å²) < 4.78 is 0. The Labute approximate surface area is 120 Å². The van der Waals surface area contributed by atoms with Gasteiger partial charge in [-0.2, -0.15) is 0 Å². The molecule has 0 saturated heterocycles. The second-order valence-electron chi connectivity index (χ2n) is 4.29. The van der Waals surface area contributed by atoms with Crippen molar-refractivity contribution in [3.05, 3.63) is 28.1 Å². The molecule has 1 nitrogen and oxygen atoms in total. The van der Waals surface area contributed by atoms with Gasteiger partial charge in [-0.1, -0.05) is 41.5 Å². The van der Waals surface area contributed by atoms with Gasteiger partial charge in [-0.3, -0.25) is 4.98 Å². The molecule has 0 aromatic carbocycles. The van der Waals surface area contributed by atoms with Gasteiger partial charge in [0.1, 0.15) is 0 Å². The summed E-state index contributed by atoms with van der Waals surface area (Å²) in [5, 5.41) is 0. The van der Waals surface area contributed by atoms with Crippen molar-refractivity contribution in [3.63, 3.8) is 0 Å². The molecule has 0 unspecified atom stereocenters. The van der Waals surface area contributed by atoms with Crippen LogP contribution in [0.2, 0.25) is 0 Å². The van der Waals surface area contributed by atoms with Gasteiger partial charge in [-0.15, -0.1) is 0 Å². The molecule has 0 radical (unpaired) electrons. The average molecular weight is 263 g/mol. The van der Waals surface area contributed by atoms with Gasteiger partial charge in [0.15, 0.2) is 0 Å². The van der Waals surface area contributed by atoms with Crippen molar-refractivity contribution >= 4 is 0 Å². The van der Waals surface area contributed by atoms with E-state index in [1.54, 1.807) is 16.7 Å². The summed E-state index contributed by atoms with van der Waals surface area (Å²) in [7, 11) is 0. The van der Waals surface area contributed by atoms with Crippen LogP contribution in [0, 0.1) is 6.92 Å². The zero-order valence-corrected chi connectivity index (χ0v) is 14.2. The molecule has 1 heteroatoms. The molecule has 0 fully saturated rings. The first-order valence-electron chi connectivity index (χ1n) is 8.36. The van der Waals surface area contributed by atoms with Gasteiger partial charge in [0.25, 0.3) is 0 Å². The van der Waals surface area contributed by atoms with Crippen LogP contribution in [0.25, 0.3) is 0 Å². The fraction of sp³-hybridized carbons (Fsp3) is 0.722. The highest BCUT2D eigenvalue weighted by Crippen LogP contribution is 2.31. The Kier molecular flexibility index (Phi) is 9.55. The smallest absolute Gasteiger partial charge is 0.0441 e. The Morgan fingerprint density at radius 3 is 1.37 bits per heavy atom. The first-order valence-corrected chi connectivity index (χ1v) is 8.36. The van der Waals surface area contributed by atoms with Crippen LogP contribution in [-0.4, -0.2) is 4.98 Å². The fourth-order valence-corrected chi connectivity index (χ4v) is 2.86. The molecule has 0 bridgehead atoms. The molecule has 3 rings (SSSR count). The summed E-state index contributed by atoms with van der Waals surface area (Å²) in [6.07, 6.45) is 7.66. The first-order chi connectivity index (χ1) is 9.36. The standard InChI is InChI=1S/C12H15N.3C2H6/c1-8-9-4-2-6-11(9)13-12-7-3-5-10(8)12;3*1-2/h2-7H2,1H3;3*1-2H3. The number of aryl methyl sites for hydroxylation is 2.